The zero-order valence-corrected chi connectivity index (χ0v) is 28.1. The molecule has 0 radical (unpaired) electrons. The van der Waals surface area contributed by atoms with E-state index in [1.54, 1.807) is 24.3 Å². The summed E-state index contributed by atoms with van der Waals surface area (Å²) < 4.78 is 46.0. The number of rotatable bonds is 15. The van der Waals surface area contributed by atoms with Gasteiger partial charge in [-0.05, 0) is 75.1 Å². The number of benzene rings is 3. The van der Waals surface area contributed by atoms with E-state index in [1.807, 2.05) is 45.0 Å². The van der Waals surface area contributed by atoms with Crippen molar-refractivity contribution in [2.45, 2.75) is 76.4 Å². The second kappa shape index (κ2) is 15.8. The molecule has 0 aromatic heterocycles. The molecule has 46 heavy (non-hydrogen) atoms. The number of nitrogens with one attached hydrogen (secondary N) is 1. The van der Waals surface area contributed by atoms with Gasteiger partial charge in [0, 0.05) is 18.7 Å². The van der Waals surface area contributed by atoms with Crippen LogP contribution in [0.2, 0.25) is 0 Å². The lowest BCUT2D eigenvalue weighted by atomic mass is 10.1. The van der Waals surface area contributed by atoms with Gasteiger partial charge in [-0.2, -0.15) is 0 Å². The molecule has 3 aromatic carbocycles. The maximum atomic E-state index is 14.4. The van der Waals surface area contributed by atoms with Gasteiger partial charge in [0.2, 0.25) is 11.8 Å². The Kier molecular flexibility index (Phi) is 11.9. The van der Waals surface area contributed by atoms with Crippen LogP contribution in [0.1, 0.15) is 57.1 Å². The van der Waals surface area contributed by atoms with Gasteiger partial charge in [0.1, 0.15) is 18.3 Å². The van der Waals surface area contributed by atoms with Crippen molar-refractivity contribution in [2.24, 2.45) is 0 Å². The average Bonchev–Trinajstić information content (AvgIpc) is 3.57. The number of aryl methyl sites for hydroxylation is 1. The summed E-state index contributed by atoms with van der Waals surface area (Å²) in [5.41, 5.74) is 2.17. The van der Waals surface area contributed by atoms with E-state index in [-0.39, 0.29) is 34.8 Å². The molecule has 3 aromatic rings. The van der Waals surface area contributed by atoms with E-state index < -0.39 is 28.5 Å². The molecule has 2 amide bonds. The van der Waals surface area contributed by atoms with Gasteiger partial charge in [0.05, 0.1) is 31.4 Å². The van der Waals surface area contributed by atoms with Gasteiger partial charge in [0.25, 0.3) is 10.0 Å². The summed E-state index contributed by atoms with van der Waals surface area (Å²) in [7, 11) is -1.42. The number of nitrogens with zero attached hydrogens (tertiary/aromatic N) is 2. The molecule has 0 aliphatic heterocycles. The highest BCUT2D eigenvalue weighted by molar-refractivity contribution is 7.92. The van der Waals surface area contributed by atoms with Crippen LogP contribution in [0, 0.1) is 6.92 Å². The number of carbonyl (C=O) groups is 2. The molecule has 248 valence electrons. The van der Waals surface area contributed by atoms with Gasteiger partial charge >= 0.3 is 0 Å². The normalized spacial score (nSPS) is 13.9. The van der Waals surface area contributed by atoms with Gasteiger partial charge in [0.15, 0.2) is 11.5 Å². The Bertz CT molecular complexity index is 1570. The second-order valence-electron chi connectivity index (χ2n) is 11.4. The van der Waals surface area contributed by atoms with Crippen molar-refractivity contribution in [1.29, 1.82) is 0 Å². The number of amides is 2. The number of methoxy groups -OCH3 is 2. The van der Waals surface area contributed by atoms with E-state index in [0.717, 1.165) is 41.1 Å². The molecule has 1 saturated carbocycles. The Morgan fingerprint density at radius 1 is 0.913 bits per heavy atom. The largest absolute Gasteiger partial charge is 0.494 e. The number of ether oxygens (including phenoxy) is 3. The number of carbonyl (C=O) groups excluding carboxylic acids is 2. The second-order valence-corrected chi connectivity index (χ2v) is 13.2. The lowest BCUT2D eigenvalue weighted by molar-refractivity contribution is -0.140. The topological polar surface area (TPSA) is 114 Å². The van der Waals surface area contributed by atoms with E-state index in [1.165, 1.54) is 37.3 Å². The number of sulfonamides is 1. The summed E-state index contributed by atoms with van der Waals surface area (Å²) in [5, 5.41) is 3.14. The summed E-state index contributed by atoms with van der Waals surface area (Å²) >= 11 is 0. The van der Waals surface area contributed by atoms with E-state index in [4.69, 9.17) is 14.2 Å². The Morgan fingerprint density at radius 2 is 1.57 bits per heavy atom. The molecule has 0 bridgehead atoms. The monoisotopic (exact) mass is 651 g/mol. The third-order valence-electron chi connectivity index (χ3n) is 8.22. The molecule has 1 fully saturated rings. The third-order valence-corrected chi connectivity index (χ3v) is 9.99. The summed E-state index contributed by atoms with van der Waals surface area (Å²) in [6.07, 6.45) is 4.28. The Morgan fingerprint density at radius 3 is 2.15 bits per heavy atom. The van der Waals surface area contributed by atoms with E-state index in [2.05, 4.69) is 5.32 Å². The Balaban J connectivity index is 1.74. The SMILES string of the molecule is CCOc1ccc(N(CC(=O)N(Cc2ccc(C)cc2)C(CC)C(=O)NC2CCCC2)S(=O)(=O)c2ccc(OC)c(OC)c2)cc1. The first-order chi connectivity index (χ1) is 22.1. The Labute approximate surface area is 272 Å². The van der Waals surface area contributed by atoms with E-state index in [9.17, 15) is 18.0 Å². The van der Waals surface area contributed by atoms with E-state index in [0.29, 0.717) is 24.5 Å². The zero-order valence-electron chi connectivity index (χ0n) is 27.3. The zero-order chi connectivity index (χ0) is 33.3. The standard InChI is InChI=1S/C35H45N3O7S/c1-6-31(35(40)36-27-10-8-9-11-27)37(23-26-14-12-25(3)13-15-26)34(39)24-38(28-16-18-29(19-17-28)45-7-2)46(41,42)30-20-21-32(43-4)33(22-30)44-5/h12-22,27,31H,6-11,23-24H2,1-5H3,(H,36,40). The molecule has 1 aliphatic rings. The predicted molar refractivity (Wildman–Crippen MR) is 178 cm³/mol. The third kappa shape index (κ3) is 8.31. The van der Waals surface area contributed by atoms with Crippen LogP contribution in [-0.2, 0) is 26.2 Å². The fourth-order valence-corrected chi connectivity index (χ4v) is 7.12. The van der Waals surface area contributed by atoms with Crippen LogP contribution < -0.4 is 23.8 Å². The quantitative estimate of drug-likeness (QED) is 0.232. The number of hydrogen-bond donors (Lipinski definition) is 1. The first kappa shape index (κ1) is 34.6. The van der Waals surface area contributed by atoms with Crippen LogP contribution in [0.5, 0.6) is 17.2 Å². The molecular weight excluding hydrogens is 606 g/mol. The van der Waals surface area contributed by atoms with Crippen molar-refractivity contribution in [3.63, 3.8) is 0 Å². The first-order valence-electron chi connectivity index (χ1n) is 15.7. The van der Waals surface area contributed by atoms with Crippen molar-refractivity contribution in [2.75, 3.05) is 31.7 Å². The summed E-state index contributed by atoms with van der Waals surface area (Å²) in [6, 6.07) is 17.8. The highest BCUT2D eigenvalue weighted by Gasteiger charge is 2.35. The Hall–Kier alpha value is -4.25. The molecular formula is C35H45N3O7S. The maximum Gasteiger partial charge on any atom is 0.264 e. The predicted octanol–water partition coefficient (Wildman–Crippen LogP) is 5.47. The van der Waals surface area contributed by atoms with E-state index >= 15 is 0 Å². The van der Waals surface area contributed by atoms with Crippen LogP contribution in [0.3, 0.4) is 0 Å². The van der Waals surface area contributed by atoms with Crippen LogP contribution in [0.15, 0.2) is 71.6 Å². The van der Waals surface area contributed by atoms with Crippen LogP contribution in [-0.4, -0.2) is 64.6 Å². The summed E-state index contributed by atoms with van der Waals surface area (Å²) in [6.45, 7) is 5.74. The minimum absolute atomic E-state index is 0.0728. The first-order valence-corrected chi connectivity index (χ1v) is 17.2. The minimum atomic E-state index is -4.31. The molecule has 1 atom stereocenters. The molecule has 1 aliphatic carbocycles. The molecule has 0 spiro atoms. The molecule has 11 heteroatoms. The molecule has 1 N–H and O–H groups in total. The summed E-state index contributed by atoms with van der Waals surface area (Å²) in [5.74, 6) is 0.430. The smallest absolute Gasteiger partial charge is 0.264 e. The van der Waals surface area contributed by atoms with Crippen molar-refractivity contribution >= 4 is 27.5 Å². The summed E-state index contributed by atoms with van der Waals surface area (Å²) in [4.78, 5) is 29.4. The molecule has 0 heterocycles. The highest BCUT2D eigenvalue weighted by atomic mass is 32.2. The lowest BCUT2D eigenvalue weighted by Gasteiger charge is -2.34. The van der Waals surface area contributed by atoms with Crippen LogP contribution in [0.4, 0.5) is 5.69 Å². The number of hydrogen-bond acceptors (Lipinski definition) is 7. The molecule has 10 nitrogen and oxygen atoms in total. The van der Waals surface area contributed by atoms with Gasteiger partial charge in [-0.3, -0.25) is 13.9 Å². The van der Waals surface area contributed by atoms with Gasteiger partial charge in [-0.25, -0.2) is 8.42 Å². The maximum absolute atomic E-state index is 14.4. The number of anilines is 1. The van der Waals surface area contributed by atoms with Crippen molar-refractivity contribution < 1.29 is 32.2 Å². The fourth-order valence-electron chi connectivity index (χ4n) is 5.69. The van der Waals surface area contributed by atoms with Crippen LogP contribution >= 0.6 is 0 Å². The molecule has 1 unspecified atom stereocenters. The average molecular weight is 652 g/mol. The molecule has 4 rings (SSSR count). The van der Waals surface area contributed by atoms with Gasteiger partial charge in [-0.15, -0.1) is 0 Å². The lowest BCUT2D eigenvalue weighted by Crippen LogP contribution is -2.53. The van der Waals surface area contributed by atoms with Crippen molar-refractivity contribution in [1.82, 2.24) is 10.2 Å². The van der Waals surface area contributed by atoms with Crippen molar-refractivity contribution in [3.8, 4) is 17.2 Å². The minimum Gasteiger partial charge on any atom is -0.494 e. The van der Waals surface area contributed by atoms with Crippen molar-refractivity contribution in [3.05, 3.63) is 77.9 Å². The highest BCUT2D eigenvalue weighted by Crippen LogP contribution is 2.33. The fraction of sp³-hybridized carbons (Fsp3) is 0.429. The van der Waals surface area contributed by atoms with Crippen LogP contribution in [0.25, 0.3) is 0 Å². The van der Waals surface area contributed by atoms with Gasteiger partial charge in [-0.1, -0.05) is 49.6 Å². The van der Waals surface area contributed by atoms with Gasteiger partial charge < -0.3 is 24.4 Å². The molecule has 0 saturated heterocycles.